The van der Waals surface area contributed by atoms with Gasteiger partial charge in [0.2, 0.25) is 0 Å². The van der Waals surface area contributed by atoms with Crippen LogP contribution in [0.4, 0.5) is 5.69 Å². The molecule has 1 aliphatic rings. The zero-order valence-electron chi connectivity index (χ0n) is 20.2. The number of nitriles is 1. The van der Waals surface area contributed by atoms with E-state index in [1.807, 2.05) is 49.4 Å². The topological polar surface area (TPSA) is 106 Å². The lowest BCUT2D eigenvalue weighted by atomic mass is 9.80. The Morgan fingerprint density at radius 3 is 2.11 bits per heavy atom. The molecule has 1 heterocycles. The Hall–Kier alpha value is -4.83. The summed E-state index contributed by atoms with van der Waals surface area (Å²) < 4.78 is 10.2. The molecule has 7 heteroatoms. The lowest BCUT2D eigenvalue weighted by Crippen LogP contribution is -2.41. The second-order valence-electron chi connectivity index (χ2n) is 8.22. The Balaban J connectivity index is 2.08. The standard InChI is InChI=1S/C29H25N3O4/c1-18-13-15-19(16-14-18)21-11-7-8-12-23(21)32-26(29(34)36-3)25(28(33)35-2)24(22(17-30)27(32)31)20-9-5-4-6-10-20/h4-16,24H,31H2,1-3H3. The summed E-state index contributed by atoms with van der Waals surface area (Å²) in [7, 11) is 2.45. The number of rotatable bonds is 5. The summed E-state index contributed by atoms with van der Waals surface area (Å²) in [4.78, 5) is 28.0. The zero-order chi connectivity index (χ0) is 25.8. The molecule has 0 radical (unpaired) electrons. The number of hydrogen-bond donors (Lipinski definition) is 1. The van der Waals surface area contributed by atoms with Crippen molar-refractivity contribution in [3.05, 3.63) is 113 Å². The zero-order valence-corrected chi connectivity index (χ0v) is 20.2. The average Bonchev–Trinajstić information content (AvgIpc) is 2.92. The molecule has 0 aliphatic carbocycles. The Kier molecular flexibility index (Phi) is 6.88. The van der Waals surface area contributed by atoms with Crippen molar-refractivity contribution in [1.29, 1.82) is 5.26 Å². The number of benzene rings is 3. The van der Waals surface area contributed by atoms with E-state index in [2.05, 4.69) is 6.07 Å². The number of carbonyl (C=O) groups excluding carboxylic acids is 2. The Labute approximate surface area is 209 Å². The van der Waals surface area contributed by atoms with Crippen molar-refractivity contribution in [3.63, 3.8) is 0 Å². The summed E-state index contributed by atoms with van der Waals surface area (Å²) >= 11 is 0. The van der Waals surface area contributed by atoms with Gasteiger partial charge in [-0.15, -0.1) is 0 Å². The van der Waals surface area contributed by atoms with Gasteiger partial charge in [-0.1, -0.05) is 78.4 Å². The van der Waals surface area contributed by atoms with E-state index in [0.29, 0.717) is 11.3 Å². The van der Waals surface area contributed by atoms with Crippen LogP contribution in [0.3, 0.4) is 0 Å². The number of anilines is 1. The highest BCUT2D eigenvalue weighted by Crippen LogP contribution is 2.45. The molecule has 0 saturated carbocycles. The van der Waals surface area contributed by atoms with Gasteiger partial charge in [0, 0.05) is 5.56 Å². The molecule has 36 heavy (non-hydrogen) atoms. The van der Waals surface area contributed by atoms with E-state index >= 15 is 0 Å². The molecule has 0 spiro atoms. The van der Waals surface area contributed by atoms with Gasteiger partial charge in [-0.2, -0.15) is 5.26 Å². The van der Waals surface area contributed by atoms with Gasteiger partial charge < -0.3 is 15.2 Å². The second kappa shape index (κ2) is 10.2. The molecular weight excluding hydrogens is 454 g/mol. The van der Waals surface area contributed by atoms with Crippen LogP contribution in [0.5, 0.6) is 0 Å². The second-order valence-corrected chi connectivity index (χ2v) is 8.22. The molecule has 0 aromatic heterocycles. The van der Waals surface area contributed by atoms with Crippen LogP contribution in [0.25, 0.3) is 11.1 Å². The predicted molar refractivity (Wildman–Crippen MR) is 136 cm³/mol. The van der Waals surface area contributed by atoms with E-state index in [9.17, 15) is 14.9 Å². The van der Waals surface area contributed by atoms with Gasteiger partial charge in [0.15, 0.2) is 0 Å². The Morgan fingerprint density at radius 1 is 0.889 bits per heavy atom. The van der Waals surface area contributed by atoms with Crippen LogP contribution >= 0.6 is 0 Å². The molecule has 2 N–H and O–H groups in total. The van der Waals surface area contributed by atoms with Crippen molar-refractivity contribution in [2.45, 2.75) is 12.8 Å². The first-order chi connectivity index (χ1) is 17.4. The van der Waals surface area contributed by atoms with Gasteiger partial charge in [-0.3, -0.25) is 4.90 Å². The third kappa shape index (κ3) is 4.21. The molecule has 1 aliphatic heterocycles. The first kappa shape index (κ1) is 24.3. The van der Waals surface area contributed by atoms with Gasteiger partial charge in [0.05, 0.1) is 43.0 Å². The van der Waals surface area contributed by atoms with Crippen molar-refractivity contribution in [1.82, 2.24) is 0 Å². The van der Waals surface area contributed by atoms with Crippen LogP contribution in [0, 0.1) is 18.3 Å². The van der Waals surface area contributed by atoms with Crippen LogP contribution in [0.2, 0.25) is 0 Å². The number of carbonyl (C=O) groups is 2. The van der Waals surface area contributed by atoms with Crippen molar-refractivity contribution in [2.75, 3.05) is 19.1 Å². The number of nitrogens with two attached hydrogens (primary N) is 1. The van der Waals surface area contributed by atoms with Crippen LogP contribution < -0.4 is 10.6 Å². The van der Waals surface area contributed by atoms with E-state index in [1.165, 1.54) is 19.1 Å². The van der Waals surface area contributed by atoms with Gasteiger partial charge in [-0.25, -0.2) is 9.59 Å². The van der Waals surface area contributed by atoms with Crippen molar-refractivity contribution in [3.8, 4) is 17.2 Å². The quantitative estimate of drug-likeness (QED) is 0.535. The molecule has 1 unspecified atom stereocenters. The fourth-order valence-corrected chi connectivity index (χ4v) is 4.41. The molecule has 180 valence electrons. The minimum atomic E-state index is -0.916. The number of nitrogens with zero attached hydrogens (tertiary/aromatic N) is 2. The molecule has 7 nitrogen and oxygen atoms in total. The molecule has 4 rings (SSSR count). The SMILES string of the molecule is COC(=O)C1=C(C(=O)OC)N(c2ccccc2-c2ccc(C)cc2)C(N)=C(C#N)C1c1ccccc1. The largest absolute Gasteiger partial charge is 0.466 e. The first-order valence-electron chi connectivity index (χ1n) is 11.2. The highest BCUT2D eigenvalue weighted by molar-refractivity contribution is 6.07. The fraction of sp³-hybridized carbons (Fsp3) is 0.138. The van der Waals surface area contributed by atoms with Gasteiger partial charge >= 0.3 is 11.9 Å². The minimum Gasteiger partial charge on any atom is -0.466 e. The maximum Gasteiger partial charge on any atom is 0.355 e. The maximum absolute atomic E-state index is 13.3. The highest BCUT2D eigenvalue weighted by atomic mass is 16.5. The fourth-order valence-electron chi connectivity index (χ4n) is 4.41. The Bertz CT molecular complexity index is 1420. The number of ether oxygens (including phenoxy) is 2. The van der Waals surface area contributed by atoms with E-state index in [0.717, 1.165) is 16.7 Å². The summed E-state index contributed by atoms with van der Waals surface area (Å²) in [6.07, 6.45) is 0. The minimum absolute atomic E-state index is 0.0268. The van der Waals surface area contributed by atoms with Crippen molar-refractivity contribution < 1.29 is 19.1 Å². The molecule has 0 saturated heterocycles. The Morgan fingerprint density at radius 2 is 1.50 bits per heavy atom. The maximum atomic E-state index is 13.3. The van der Waals surface area contributed by atoms with Crippen LogP contribution in [-0.4, -0.2) is 26.2 Å². The lowest BCUT2D eigenvalue weighted by molar-refractivity contribution is -0.139. The summed E-state index contributed by atoms with van der Waals surface area (Å²) in [6.45, 7) is 1.99. The van der Waals surface area contributed by atoms with E-state index < -0.39 is 17.9 Å². The van der Waals surface area contributed by atoms with Crippen LogP contribution in [-0.2, 0) is 19.1 Å². The molecule has 3 aromatic rings. The number of methoxy groups -OCH3 is 2. The summed E-state index contributed by atoms with van der Waals surface area (Å²) in [5.74, 6) is -2.43. The number of para-hydroxylation sites is 1. The summed E-state index contributed by atoms with van der Waals surface area (Å²) in [6, 6.07) is 26.3. The molecule has 0 bridgehead atoms. The molecule has 3 aromatic carbocycles. The predicted octanol–water partition coefficient (Wildman–Crippen LogP) is 4.56. The number of hydrogen-bond acceptors (Lipinski definition) is 7. The average molecular weight is 480 g/mol. The van der Waals surface area contributed by atoms with E-state index in [1.54, 1.807) is 36.4 Å². The summed E-state index contributed by atoms with van der Waals surface area (Å²) in [5, 5.41) is 10.2. The van der Waals surface area contributed by atoms with E-state index in [4.69, 9.17) is 15.2 Å². The number of aryl methyl sites for hydroxylation is 1. The van der Waals surface area contributed by atoms with E-state index in [-0.39, 0.29) is 22.7 Å². The smallest absolute Gasteiger partial charge is 0.355 e. The number of esters is 2. The van der Waals surface area contributed by atoms with Gasteiger partial charge in [-0.05, 0) is 24.1 Å². The van der Waals surface area contributed by atoms with Gasteiger partial charge in [0.1, 0.15) is 11.5 Å². The molecule has 1 atom stereocenters. The van der Waals surface area contributed by atoms with Gasteiger partial charge in [0.25, 0.3) is 0 Å². The lowest BCUT2D eigenvalue weighted by Gasteiger charge is -2.36. The highest BCUT2D eigenvalue weighted by Gasteiger charge is 2.43. The van der Waals surface area contributed by atoms with Crippen LogP contribution in [0.1, 0.15) is 17.0 Å². The monoisotopic (exact) mass is 479 g/mol. The van der Waals surface area contributed by atoms with Crippen LogP contribution in [0.15, 0.2) is 102 Å². The third-order valence-corrected chi connectivity index (χ3v) is 6.12. The first-order valence-corrected chi connectivity index (χ1v) is 11.2. The summed E-state index contributed by atoms with van der Waals surface area (Å²) in [5.41, 5.74) is 10.5. The van der Waals surface area contributed by atoms with Crippen molar-refractivity contribution in [2.24, 2.45) is 5.73 Å². The molecule has 0 amide bonds. The number of allylic oxidation sites excluding steroid dienone is 1. The molecular formula is C29H25N3O4. The third-order valence-electron chi connectivity index (χ3n) is 6.12. The normalized spacial score (nSPS) is 15.4. The van der Waals surface area contributed by atoms with Crippen molar-refractivity contribution >= 4 is 17.6 Å². The molecule has 0 fully saturated rings.